The Labute approximate surface area is 135 Å². The molecule has 0 radical (unpaired) electrons. The molecule has 0 aliphatic rings. The molecule has 2 aromatic rings. The van der Waals surface area contributed by atoms with E-state index in [0.29, 0.717) is 13.0 Å². The fourth-order valence-corrected chi connectivity index (χ4v) is 2.29. The zero-order valence-electron chi connectivity index (χ0n) is 13.3. The Bertz CT molecular complexity index is 697. The topological polar surface area (TPSA) is 78.8 Å². The molecule has 2 aromatic carbocycles. The highest BCUT2D eigenvalue weighted by molar-refractivity contribution is 5.78. The molecule has 23 heavy (non-hydrogen) atoms. The van der Waals surface area contributed by atoms with Crippen LogP contribution < -0.4 is 10.1 Å². The van der Waals surface area contributed by atoms with Crippen LogP contribution in [0.5, 0.6) is 17.2 Å². The molecular formula is C18H21NO4. The van der Waals surface area contributed by atoms with Crippen molar-refractivity contribution >= 4 is 5.91 Å². The number of hydrogen-bond acceptors (Lipinski definition) is 4. The maximum absolute atomic E-state index is 12.0. The predicted octanol–water partition coefficient (Wildman–Crippen LogP) is 2.32. The number of phenols is 2. The summed E-state index contributed by atoms with van der Waals surface area (Å²) in [5, 5.41) is 21.5. The average molecular weight is 315 g/mol. The summed E-state index contributed by atoms with van der Waals surface area (Å²) in [4.78, 5) is 12.0. The van der Waals surface area contributed by atoms with Gasteiger partial charge in [0, 0.05) is 6.54 Å². The lowest BCUT2D eigenvalue weighted by Crippen LogP contribution is -2.27. The number of aromatic hydroxyl groups is 2. The molecule has 1 amide bonds. The Balaban J connectivity index is 1.84. The van der Waals surface area contributed by atoms with Crippen molar-refractivity contribution in [2.75, 3.05) is 13.7 Å². The molecule has 0 saturated carbocycles. The SMILES string of the molecule is COc1cc(CC(=O)NCCc2ccc(O)c(O)c2)ccc1C. The van der Waals surface area contributed by atoms with Crippen LogP contribution in [0.3, 0.4) is 0 Å². The van der Waals surface area contributed by atoms with Crippen LogP contribution in [-0.4, -0.2) is 29.8 Å². The third-order valence-electron chi connectivity index (χ3n) is 3.61. The quantitative estimate of drug-likeness (QED) is 0.715. The van der Waals surface area contributed by atoms with Gasteiger partial charge in [-0.25, -0.2) is 0 Å². The molecule has 0 fully saturated rings. The van der Waals surface area contributed by atoms with E-state index >= 15 is 0 Å². The second-order valence-corrected chi connectivity index (χ2v) is 5.40. The highest BCUT2D eigenvalue weighted by atomic mass is 16.5. The average Bonchev–Trinajstić information content (AvgIpc) is 2.52. The molecule has 0 unspecified atom stereocenters. The molecule has 0 atom stereocenters. The fraction of sp³-hybridized carbons (Fsp3) is 0.278. The first kappa shape index (κ1) is 16.7. The first-order valence-corrected chi connectivity index (χ1v) is 7.40. The van der Waals surface area contributed by atoms with Crippen molar-refractivity contribution in [3.05, 3.63) is 53.1 Å². The third kappa shape index (κ3) is 4.64. The Morgan fingerprint density at radius 3 is 2.52 bits per heavy atom. The standard InChI is InChI=1S/C18H21NO4/c1-12-3-4-14(10-17(12)23-2)11-18(22)19-8-7-13-5-6-15(20)16(21)9-13/h3-6,9-10,20-21H,7-8,11H2,1-2H3,(H,19,22). The van der Waals surface area contributed by atoms with Crippen LogP contribution in [0.25, 0.3) is 0 Å². The molecule has 5 heteroatoms. The molecule has 0 spiro atoms. The Kier molecular flexibility index (Phi) is 5.46. The predicted molar refractivity (Wildman–Crippen MR) is 87.9 cm³/mol. The molecule has 0 aliphatic heterocycles. The highest BCUT2D eigenvalue weighted by Gasteiger charge is 2.06. The first-order chi connectivity index (χ1) is 11.0. The number of amides is 1. The van der Waals surface area contributed by atoms with Gasteiger partial charge >= 0.3 is 0 Å². The van der Waals surface area contributed by atoms with Crippen molar-refractivity contribution in [2.24, 2.45) is 0 Å². The molecule has 0 aliphatic carbocycles. The summed E-state index contributed by atoms with van der Waals surface area (Å²) in [5.74, 6) is 0.403. The normalized spacial score (nSPS) is 10.3. The molecule has 122 valence electrons. The fourth-order valence-electron chi connectivity index (χ4n) is 2.29. The lowest BCUT2D eigenvalue weighted by atomic mass is 10.1. The van der Waals surface area contributed by atoms with Gasteiger partial charge in [0.1, 0.15) is 5.75 Å². The van der Waals surface area contributed by atoms with Gasteiger partial charge in [-0.2, -0.15) is 0 Å². The summed E-state index contributed by atoms with van der Waals surface area (Å²) < 4.78 is 5.25. The maximum atomic E-state index is 12.0. The van der Waals surface area contributed by atoms with Crippen LogP contribution >= 0.6 is 0 Å². The lowest BCUT2D eigenvalue weighted by Gasteiger charge is -2.09. The smallest absolute Gasteiger partial charge is 0.224 e. The van der Waals surface area contributed by atoms with Crippen molar-refractivity contribution in [1.29, 1.82) is 0 Å². The number of carbonyl (C=O) groups is 1. The van der Waals surface area contributed by atoms with Crippen molar-refractivity contribution in [2.45, 2.75) is 19.8 Å². The van der Waals surface area contributed by atoms with E-state index in [2.05, 4.69) is 5.32 Å². The molecule has 0 saturated heterocycles. The van der Waals surface area contributed by atoms with Crippen LogP contribution in [-0.2, 0) is 17.6 Å². The lowest BCUT2D eigenvalue weighted by molar-refractivity contribution is -0.120. The van der Waals surface area contributed by atoms with Crippen LogP contribution in [0, 0.1) is 6.92 Å². The van der Waals surface area contributed by atoms with Crippen LogP contribution in [0.1, 0.15) is 16.7 Å². The maximum Gasteiger partial charge on any atom is 0.224 e. The van der Waals surface area contributed by atoms with E-state index in [9.17, 15) is 15.0 Å². The van der Waals surface area contributed by atoms with Crippen LogP contribution in [0.2, 0.25) is 0 Å². The van der Waals surface area contributed by atoms with Crippen LogP contribution in [0.4, 0.5) is 0 Å². The van der Waals surface area contributed by atoms with Crippen molar-refractivity contribution in [1.82, 2.24) is 5.32 Å². The van der Waals surface area contributed by atoms with E-state index in [1.54, 1.807) is 13.2 Å². The van der Waals surface area contributed by atoms with Crippen molar-refractivity contribution < 1.29 is 19.7 Å². The summed E-state index contributed by atoms with van der Waals surface area (Å²) in [6, 6.07) is 10.4. The molecule has 0 bridgehead atoms. The van der Waals surface area contributed by atoms with E-state index in [-0.39, 0.29) is 23.8 Å². The minimum Gasteiger partial charge on any atom is -0.504 e. The first-order valence-electron chi connectivity index (χ1n) is 7.40. The van der Waals surface area contributed by atoms with Gasteiger partial charge < -0.3 is 20.3 Å². The molecule has 3 N–H and O–H groups in total. The number of nitrogens with one attached hydrogen (secondary N) is 1. The summed E-state index contributed by atoms with van der Waals surface area (Å²) in [5.41, 5.74) is 2.77. The zero-order chi connectivity index (χ0) is 16.8. The van der Waals surface area contributed by atoms with E-state index in [4.69, 9.17) is 4.74 Å². The number of carbonyl (C=O) groups excluding carboxylic acids is 1. The monoisotopic (exact) mass is 315 g/mol. The minimum absolute atomic E-state index is 0.0705. The van der Waals surface area contributed by atoms with Crippen molar-refractivity contribution in [3.8, 4) is 17.2 Å². The molecule has 2 rings (SSSR count). The number of hydrogen-bond donors (Lipinski definition) is 3. The third-order valence-corrected chi connectivity index (χ3v) is 3.61. The summed E-state index contributed by atoms with van der Waals surface area (Å²) in [7, 11) is 1.61. The summed E-state index contributed by atoms with van der Waals surface area (Å²) in [6.07, 6.45) is 0.869. The van der Waals surface area contributed by atoms with Gasteiger partial charge in [-0.1, -0.05) is 18.2 Å². The largest absolute Gasteiger partial charge is 0.504 e. The summed E-state index contributed by atoms with van der Waals surface area (Å²) >= 11 is 0. The van der Waals surface area contributed by atoms with Crippen LogP contribution in [0.15, 0.2) is 36.4 Å². The number of methoxy groups -OCH3 is 1. The second kappa shape index (κ2) is 7.54. The van der Waals surface area contributed by atoms with Gasteiger partial charge in [0.15, 0.2) is 11.5 Å². The second-order valence-electron chi connectivity index (χ2n) is 5.40. The number of benzene rings is 2. The summed E-state index contributed by atoms with van der Waals surface area (Å²) in [6.45, 7) is 2.42. The van der Waals surface area contributed by atoms with Gasteiger partial charge in [0.25, 0.3) is 0 Å². The molecule has 5 nitrogen and oxygen atoms in total. The molecule has 0 heterocycles. The van der Waals surface area contributed by atoms with Gasteiger partial charge in [0.05, 0.1) is 13.5 Å². The number of ether oxygens (including phenoxy) is 1. The van der Waals surface area contributed by atoms with Gasteiger partial charge in [-0.3, -0.25) is 4.79 Å². The van der Waals surface area contributed by atoms with Gasteiger partial charge in [0.2, 0.25) is 5.91 Å². The van der Waals surface area contributed by atoms with E-state index in [0.717, 1.165) is 22.4 Å². The number of aryl methyl sites for hydroxylation is 1. The number of rotatable bonds is 6. The van der Waals surface area contributed by atoms with E-state index < -0.39 is 0 Å². The Morgan fingerprint density at radius 2 is 1.83 bits per heavy atom. The Morgan fingerprint density at radius 1 is 1.09 bits per heavy atom. The van der Waals surface area contributed by atoms with Crippen molar-refractivity contribution in [3.63, 3.8) is 0 Å². The highest BCUT2D eigenvalue weighted by Crippen LogP contribution is 2.24. The number of phenolic OH excluding ortho intramolecular Hbond substituents is 2. The molecular weight excluding hydrogens is 294 g/mol. The van der Waals surface area contributed by atoms with E-state index in [1.165, 1.54) is 12.1 Å². The van der Waals surface area contributed by atoms with Gasteiger partial charge in [-0.05, 0) is 48.2 Å². The molecule has 0 aromatic heterocycles. The van der Waals surface area contributed by atoms with Gasteiger partial charge in [-0.15, -0.1) is 0 Å². The minimum atomic E-state index is -0.152. The van der Waals surface area contributed by atoms with E-state index in [1.807, 2.05) is 25.1 Å². The zero-order valence-corrected chi connectivity index (χ0v) is 13.3. The Hall–Kier alpha value is -2.69.